The summed E-state index contributed by atoms with van der Waals surface area (Å²) in [7, 11) is 0. The van der Waals surface area contributed by atoms with Gasteiger partial charge in [0, 0.05) is 10.4 Å². The fraction of sp³-hybridized carbons (Fsp3) is 0.478. The topological polar surface area (TPSA) is 55.4 Å². The number of esters is 1. The van der Waals surface area contributed by atoms with Gasteiger partial charge in [-0.05, 0) is 67.3 Å². The van der Waals surface area contributed by atoms with Crippen LogP contribution in [0.3, 0.4) is 0 Å². The predicted molar refractivity (Wildman–Crippen MR) is 114 cm³/mol. The maximum atomic E-state index is 13.2. The van der Waals surface area contributed by atoms with Crippen LogP contribution in [0.4, 0.5) is 9.39 Å². The van der Waals surface area contributed by atoms with Crippen molar-refractivity contribution in [1.29, 1.82) is 0 Å². The normalized spacial score (nSPS) is 16.2. The van der Waals surface area contributed by atoms with Gasteiger partial charge in [-0.3, -0.25) is 4.79 Å². The number of fused-ring (bicyclic) bond motifs is 1. The van der Waals surface area contributed by atoms with Crippen LogP contribution >= 0.6 is 11.3 Å². The van der Waals surface area contributed by atoms with Crippen LogP contribution in [0.2, 0.25) is 0 Å². The van der Waals surface area contributed by atoms with E-state index >= 15 is 0 Å². The molecule has 6 heteroatoms. The van der Waals surface area contributed by atoms with Crippen molar-refractivity contribution in [2.24, 2.45) is 11.3 Å². The van der Waals surface area contributed by atoms with E-state index < -0.39 is 11.8 Å². The fourth-order valence-corrected chi connectivity index (χ4v) is 5.14. The molecule has 1 heterocycles. The summed E-state index contributed by atoms with van der Waals surface area (Å²) >= 11 is 1.47. The summed E-state index contributed by atoms with van der Waals surface area (Å²) in [6.07, 6.45) is 3.82. The highest BCUT2D eigenvalue weighted by Crippen LogP contribution is 2.45. The van der Waals surface area contributed by atoms with E-state index in [-0.39, 0.29) is 17.9 Å². The largest absolute Gasteiger partial charge is 0.462 e. The molecule has 3 rings (SSSR count). The van der Waals surface area contributed by atoms with Gasteiger partial charge in [0.1, 0.15) is 10.8 Å². The van der Waals surface area contributed by atoms with Crippen molar-refractivity contribution >= 4 is 28.2 Å². The van der Waals surface area contributed by atoms with Gasteiger partial charge in [-0.2, -0.15) is 0 Å². The smallest absolute Gasteiger partial charge is 0.341 e. The predicted octanol–water partition coefficient (Wildman–Crippen LogP) is 5.86. The third kappa shape index (κ3) is 4.53. The van der Waals surface area contributed by atoms with Crippen molar-refractivity contribution in [2.45, 2.75) is 53.4 Å². The molecular formula is C23H28FNO3S. The molecule has 1 N–H and O–H groups in total. The summed E-state index contributed by atoms with van der Waals surface area (Å²) in [6, 6.07) is 5.36. The average Bonchev–Trinajstić information content (AvgIpc) is 3.05. The van der Waals surface area contributed by atoms with E-state index in [1.807, 2.05) is 0 Å². The highest BCUT2D eigenvalue weighted by Gasteiger charge is 2.35. The lowest BCUT2D eigenvalue weighted by Crippen LogP contribution is -2.28. The molecule has 1 amide bonds. The maximum absolute atomic E-state index is 13.2. The number of benzene rings is 1. The molecule has 1 aliphatic carbocycles. The van der Waals surface area contributed by atoms with E-state index in [2.05, 4.69) is 26.1 Å². The molecule has 0 radical (unpaired) electrons. The summed E-state index contributed by atoms with van der Waals surface area (Å²) in [5.41, 5.74) is 2.06. The van der Waals surface area contributed by atoms with E-state index in [9.17, 15) is 14.0 Å². The van der Waals surface area contributed by atoms with Crippen LogP contribution in [0.15, 0.2) is 24.3 Å². The van der Waals surface area contributed by atoms with Gasteiger partial charge >= 0.3 is 5.97 Å². The van der Waals surface area contributed by atoms with Crippen molar-refractivity contribution in [3.05, 3.63) is 51.7 Å². The number of anilines is 1. The van der Waals surface area contributed by atoms with Crippen LogP contribution in [-0.2, 0) is 17.6 Å². The first-order chi connectivity index (χ1) is 13.8. The number of amides is 1. The quantitative estimate of drug-likeness (QED) is 0.599. The number of carbonyl (C=O) groups excluding carboxylic acids is 2. The van der Waals surface area contributed by atoms with Crippen molar-refractivity contribution < 1.29 is 18.7 Å². The van der Waals surface area contributed by atoms with Gasteiger partial charge in [0.25, 0.3) is 5.91 Å². The summed E-state index contributed by atoms with van der Waals surface area (Å²) in [4.78, 5) is 26.5. The van der Waals surface area contributed by atoms with Gasteiger partial charge in [-0.15, -0.1) is 11.3 Å². The number of rotatable bonds is 6. The lowest BCUT2D eigenvalue weighted by Gasteiger charge is -2.36. The maximum Gasteiger partial charge on any atom is 0.341 e. The molecule has 0 bridgehead atoms. The Kier molecular flexibility index (Phi) is 6.42. The minimum absolute atomic E-state index is 0.225. The Balaban J connectivity index is 1.93. The molecule has 1 atom stereocenters. The number of ether oxygens (including phenoxy) is 1. The number of carbonyl (C=O) groups is 2. The molecule has 0 unspecified atom stereocenters. The number of halogens is 1. The van der Waals surface area contributed by atoms with Crippen LogP contribution in [0.25, 0.3) is 0 Å². The van der Waals surface area contributed by atoms with Gasteiger partial charge in [0.15, 0.2) is 0 Å². The minimum Gasteiger partial charge on any atom is -0.462 e. The van der Waals surface area contributed by atoms with Crippen LogP contribution in [0, 0.1) is 17.2 Å². The zero-order valence-corrected chi connectivity index (χ0v) is 18.2. The summed E-state index contributed by atoms with van der Waals surface area (Å²) in [5.74, 6) is -0.619. The second-order valence-electron chi connectivity index (χ2n) is 8.17. The van der Waals surface area contributed by atoms with E-state index in [0.29, 0.717) is 22.0 Å². The molecule has 0 fully saturated rings. The second kappa shape index (κ2) is 8.66. The van der Waals surface area contributed by atoms with Crippen LogP contribution < -0.4 is 5.32 Å². The zero-order chi connectivity index (χ0) is 21.2. The van der Waals surface area contributed by atoms with Gasteiger partial charge in [-0.25, -0.2) is 9.18 Å². The molecule has 1 aromatic carbocycles. The first-order valence-corrected chi connectivity index (χ1v) is 11.0. The molecule has 0 saturated carbocycles. The van der Waals surface area contributed by atoms with Crippen molar-refractivity contribution in [1.82, 2.24) is 0 Å². The van der Waals surface area contributed by atoms with Crippen LogP contribution in [-0.4, -0.2) is 18.5 Å². The standard InChI is InChI=1S/C23H28FNO3S/c1-5-23(3,4)15-9-12-17-18(13-15)29-21(19(17)22(27)28-6-2)25-20(26)14-7-10-16(24)11-8-14/h7-8,10-11,15H,5-6,9,12-13H2,1-4H3,(H,25,26)/t15-/m1/s1. The summed E-state index contributed by atoms with van der Waals surface area (Å²) < 4.78 is 18.4. The Hall–Kier alpha value is -2.21. The Labute approximate surface area is 175 Å². The number of hydrogen-bond acceptors (Lipinski definition) is 4. The van der Waals surface area contributed by atoms with Gasteiger partial charge in [-0.1, -0.05) is 27.2 Å². The molecule has 4 nitrogen and oxygen atoms in total. The number of hydrogen-bond donors (Lipinski definition) is 1. The van der Waals surface area contributed by atoms with E-state index in [0.717, 1.165) is 36.1 Å². The highest BCUT2D eigenvalue weighted by molar-refractivity contribution is 7.17. The Morgan fingerprint density at radius 2 is 1.93 bits per heavy atom. The molecule has 2 aromatic rings. The van der Waals surface area contributed by atoms with E-state index in [4.69, 9.17) is 4.74 Å². The molecular weight excluding hydrogens is 389 g/mol. The van der Waals surface area contributed by atoms with Crippen LogP contribution in [0.5, 0.6) is 0 Å². The Morgan fingerprint density at radius 1 is 1.24 bits per heavy atom. The molecule has 0 aliphatic heterocycles. The lowest BCUT2D eigenvalue weighted by atomic mass is 9.69. The van der Waals surface area contributed by atoms with Crippen molar-refractivity contribution in [3.63, 3.8) is 0 Å². The monoisotopic (exact) mass is 417 g/mol. The van der Waals surface area contributed by atoms with E-state index in [1.165, 1.54) is 35.6 Å². The summed E-state index contributed by atoms with van der Waals surface area (Å²) in [5, 5.41) is 3.39. The molecule has 0 saturated heterocycles. The van der Waals surface area contributed by atoms with Gasteiger partial charge in [0.2, 0.25) is 0 Å². The SMILES string of the molecule is CCOC(=O)c1c(NC(=O)c2ccc(F)cc2)sc2c1CC[C@@H](C(C)(C)CC)C2. The molecule has 1 aromatic heterocycles. The third-order valence-corrected chi connectivity index (χ3v) is 7.26. The van der Waals surface area contributed by atoms with Crippen molar-refractivity contribution in [3.8, 4) is 0 Å². The fourth-order valence-electron chi connectivity index (χ4n) is 3.83. The van der Waals surface area contributed by atoms with Gasteiger partial charge < -0.3 is 10.1 Å². The minimum atomic E-state index is -0.398. The zero-order valence-electron chi connectivity index (χ0n) is 17.4. The third-order valence-electron chi connectivity index (χ3n) is 6.09. The second-order valence-corrected chi connectivity index (χ2v) is 9.28. The molecule has 1 aliphatic rings. The summed E-state index contributed by atoms with van der Waals surface area (Å²) in [6.45, 7) is 8.84. The molecule has 29 heavy (non-hydrogen) atoms. The first-order valence-electron chi connectivity index (χ1n) is 10.1. The van der Waals surface area contributed by atoms with Crippen molar-refractivity contribution in [2.75, 3.05) is 11.9 Å². The molecule has 0 spiro atoms. The Bertz CT molecular complexity index is 902. The van der Waals surface area contributed by atoms with Crippen LogP contribution in [0.1, 0.15) is 71.7 Å². The number of nitrogens with one attached hydrogen (secondary N) is 1. The number of thiophene rings is 1. The molecule has 156 valence electrons. The Morgan fingerprint density at radius 3 is 2.55 bits per heavy atom. The van der Waals surface area contributed by atoms with E-state index in [1.54, 1.807) is 6.92 Å². The lowest BCUT2D eigenvalue weighted by molar-refractivity contribution is 0.0526. The van der Waals surface area contributed by atoms with Gasteiger partial charge in [0.05, 0.1) is 12.2 Å². The highest BCUT2D eigenvalue weighted by atomic mass is 32.1. The first kappa shape index (κ1) is 21.5. The average molecular weight is 418 g/mol.